The number of ether oxygens (including phenoxy) is 1. The molecular formula is C22H25NO5. The lowest BCUT2D eigenvalue weighted by molar-refractivity contribution is -0.144. The third kappa shape index (κ3) is 4.76. The zero-order valence-electron chi connectivity index (χ0n) is 16.3. The fraction of sp³-hybridized carbons (Fsp3) is 0.318. The molecule has 0 saturated carbocycles. The number of carbonyl (C=O) groups excluding carboxylic acids is 2. The van der Waals surface area contributed by atoms with Gasteiger partial charge in [0.05, 0.1) is 0 Å². The van der Waals surface area contributed by atoms with Crippen LogP contribution in [0.4, 0.5) is 0 Å². The van der Waals surface area contributed by atoms with E-state index in [4.69, 9.17) is 4.74 Å². The first kappa shape index (κ1) is 21.2. The van der Waals surface area contributed by atoms with Crippen molar-refractivity contribution in [2.24, 2.45) is 0 Å². The molecule has 0 aliphatic rings. The third-order valence-corrected chi connectivity index (χ3v) is 4.83. The second-order valence-electron chi connectivity index (χ2n) is 6.67. The van der Waals surface area contributed by atoms with E-state index in [1.807, 2.05) is 6.07 Å². The van der Waals surface area contributed by atoms with Crippen LogP contribution in [0.2, 0.25) is 0 Å². The van der Waals surface area contributed by atoms with E-state index >= 15 is 0 Å². The molecule has 2 rings (SSSR count). The maximum absolute atomic E-state index is 12.5. The lowest BCUT2D eigenvalue weighted by atomic mass is 9.78. The van der Waals surface area contributed by atoms with Crippen LogP contribution in [0.5, 0.6) is 5.75 Å². The van der Waals surface area contributed by atoms with Gasteiger partial charge in [0.1, 0.15) is 11.2 Å². The van der Waals surface area contributed by atoms with E-state index in [0.717, 1.165) is 0 Å². The van der Waals surface area contributed by atoms with Gasteiger partial charge in [0.25, 0.3) is 5.91 Å². The second kappa shape index (κ2) is 9.17. The van der Waals surface area contributed by atoms with E-state index in [9.17, 15) is 19.5 Å². The lowest BCUT2D eigenvalue weighted by Gasteiger charge is -2.29. The fourth-order valence-electron chi connectivity index (χ4n) is 2.97. The van der Waals surface area contributed by atoms with E-state index < -0.39 is 23.4 Å². The summed E-state index contributed by atoms with van der Waals surface area (Å²) in [6, 6.07) is 15.4. The third-order valence-electron chi connectivity index (χ3n) is 4.83. The number of hydrogen-bond acceptors (Lipinski definition) is 4. The molecule has 148 valence electrons. The zero-order chi connectivity index (χ0) is 20.7. The molecular weight excluding hydrogens is 358 g/mol. The van der Waals surface area contributed by atoms with Crippen molar-refractivity contribution < 1.29 is 24.2 Å². The Hall–Kier alpha value is -3.15. The molecule has 0 saturated heterocycles. The van der Waals surface area contributed by atoms with E-state index in [2.05, 4.69) is 5.32 Å². The first-order valence-corrected chi connectivity index (χ1v) is 9.14. The number of carbonyl (C=O) groups is 3. The number of carboxylic acid groups (broad SMARTS) is 1. The van der Waals surface area contributed by atoms with Gasteiger partial charge in [0, 0.05) is 12.1 Å². The highest BCUT2D eigenvalue weighted by molar-refractivity contribution is 5.94. The first-order chi connectivity index (χ1) is 13.3. The van der Waals surface area contributed by atoms with Crippen molar-refractivity contribution in [1.29, 1.82) is 0 Å². The highest BCUT2D eigenvalue weighted by Gasteiger charge is 2.39. The Kier molecular flexibility index (Phi) is 6.93. The quantitative estimate of drug-likeness (QED) is 0.649. The number of amides is 1. The SMILES string of the molecule is CCC(CNC(=O)C(C)Oc1cccc(C(C)=O)c1)(C(=O)O)c1ccccc1. The van der Waals surface area contributed by atoms with E-state index in [0.29, 0.717) is 23.3 Å². The molecule has 0 aliphatic heterocycles. The molecule has 0 aromatic heterocycles. The van der Waals surface area contributed by atoms with Crippen LogP contribution in [0, 0.1) is 0 Å². The molecule has 0 heterocycles. The van der Waals surface area contributed by atoms with Crippen LogP contribution in [-0.2, 0) is 15.0 Å². The maximum atomic E-state index is 12.5. The average molecular weight is 383 g/mol. The van der Waals surface area contributed by atoms with Crippen LogP contribution >= 0.6 is 0 Å². The second-order valence-corrected chi connectivity index (χ2v) is 6.67. The highest BCUT2D eigenvalue weighted by atomic mass is 16.5. The number of carboxylic acids is 1. The Balaban J connectivity index is 2.09. The van der Waals surface area contributed by atoms with Crippen molar-refractivity contribution >= 4 is 17.7 Å². The molecule has 0 bridgehead atoms. The Morgan fingerprint density at radius 1 is 1.11 bits per heavy atom. The molecule has 6 nitrogen and oxygen atoms in total. The van der Waals surface area contributed by atoms with Crippen LogP contribution in [0.15, 0.2) is 54.6 Å². The summed E-state index contributed by atoms with van der Waals surface area (Å²) in [6.07, 6.45) is -0.524. The van der Waals surface area contributed by atoms with Gasteiger partial charge in [-0.15, -0.1) is 0 Å². The van der Waals surface area contributed by atoms with Crippen LogP contribution in [0.25, 0.3) is 0 Å². The first-order valence-electron chi connectivity index (χ1n) is 9.14. The molecule has 2 unspecified atom stereocenters. The zero-order valence-corrected chi connectivity index (χ0v) is 16.3. The number of rotatable bonds is 9. The Morgan fingerprint density at radius 2 is 1.79 bits per heavy atom. The number of Topliss-reactive ketones (excluding diaryl/α,β-unsaturated/α-hetero) is 1. The summed E-state index contributed by atoms with van der Waals surface area (Å²) in [4.78, 5) is 36.0. The number of hydrogen-bond donors (Lipinski definition) is 2. The summed E-state index contributed by atoms with van der Waals surface area (Å²) >= 11 is 0. The molecule has 0 fully saturated rings. The van der Waals surface area contributed by atoms with Gasteiger partial charge in [-0.2, -0.15) is 0 Å². The maximum Gasteiger partial charge on any atom is 0.315 e. The van der Waals surface area contributed by atoms with Gasteiger partial charge >= 0.3 is 5.97 Å². The summed E-state index contributed by atoms with van der Waals surface area (Å²) in [5, 5.41) is 12.5. The number of nitrogens with one attached hydrogen (secondary N) is 1. The Labute approximate surface area is 164 Å². The summed E-state index contributed by atoms with van der Waals surface area (Å²) in [6.45, 7) is 4.76. The number of aliphatic carboxylic acids is 1. The molecule has 0 spiro atoms. The predicted molar refractivity (Wildman–Crippen MR) is 106 cm³/mol. The predicted octanol–water partition coefficient (Wildman–Crippen LogP) is 3.21. The van der Waals surface area contributed by atoms with Crippen LogP contribution < -0.4 is 10.1 Å². The molecule has 1 amide bonds. The normalized spacial score (nSPS) is 13.8. The van der Waals surface area contributed by atoms with Crippen molar-refractivity contribution in [3.63, 3.8) is 0 Å². The molecule has 2 aromatic carbocycles. The van der Waals surface area contributed by atoms with Gasteiger partial charge in [-0.25, -0.2) is 0 Å². The average Bonchev–Trinajstić information content (AvgIpc) is 2.69. The van der Waals surface area contributed by atoms with Crippen LogP contribution in [0.1, 0.15) is 43.1 Å². The Bertz CT molecular complexity index is 849. The minimum atomic E-state index is -1.22. The minimum Gasteiger partial charge on any atom is -0.481 e. The van der Waals surface area contributed by atoms with Gasteiger partial charge in [-0.1, -0.05) is 49.4 Å². The number of benzene rings is 2. The lowest BCUT2D eigenvalue weighted by Crippen LogP contribution is -2.48. The van der Waals surface area contributed by atoms with Gasteiger partial charge in [-0.3, -0.25) is 14.4 Å². The minimum absolute atomic E-state index is 0.0527. The largest absolute Gasteiger partial charge is 0.481 e. The monoisotopic (exact) mass is 383 g/mol. The standard InChI is InChI=1S/C22H25NO5/c1-4-22(21(26)27,18-10-6-5-7-11-18)14-23-20(25)16(3)28-19-12-8-9-17(13-19)15(2)24/h5-13,16H,4,14H2,1-3H3,(H,23,25)(H,26,27). The molecule has 6 heteroatoms. The topological polar surface area (TPSA) is 92.7 Å². The summed E-state index contributed by atoms with van der Waals surface area (Å²) in [5.41, 5.74) is -0.0938. The van der Waals surface area contributed by atoms with Crippen molar-refractivity contribution in [2.75, 3.05) is 6.54 Å². The molecule has 2 N–H and O–H groups in total. The van der Waals surface area contributed by atoms with Gasteiger partial charge < -0.3 is 15.2 Å². The van der Waals surface area contributed by atoms with Gasteiger partial charge in [0.2, 0.25) is 0 Å². The van der Waals surface area contributed by atoms with E-state index in [1.165, 1.54) is 6.92 Å². The molecule has 2 aromatic rings. The molecule has 0 aliphatic carbocycles. The van der Waals surface area contributed by atoms with Gasteiger partial charge in [-0.05, 0) is 38.0 Å². The van der Waals surface area contributed by atoms with Crippen LogP contribution in [-0.4, -0.2) is 35.4 Å². The van der Waals surface area contributed by atoms with Crippen molar-refractivity contribution in [3.8, 4) is 5.75 Å². The van der Waals surface area contributed by atoms with E-state index in [-0.39, 0.29) is 12.3 Å². The van der Waals surface area contributed by atoms with Crippen molar-refractivity contribution in [2.45, 2.75) is 38.7 Å². The van der Waals surface area contributed by atoms with Crippen LogP contribution in [0.3, 0.4) is 0 Å². The van der Waals surface area contributed by atoms with Crippen molar-refractivity contribution in [3.05, 3.63) is 65.7 Å². The molecule has 2 atom stereocenters. The summed E-state index contributed by atoms with van der Waals surface area (Å²) in [5.74, 6) is -1.12. The highest BCUT2D eigenvalue weighted by Crippen LogP contribution is 2.28. The fourth-order valence-corrected chi connectivity index (χ4v) is 2.97. The van der Waals surface area contributed by atoms with E-state index in [1.54, 1.807) is 62.4 Å². The number of ketones is 1. The van der Waals surface area contributed by atoms with Crippen molar-refractivity contribution in [1.82, 2.24) is 5.32 Å². The summed E-state index contributed by atoms with van der Waals surface area (Å²) < 4.78 is 5.62. The Morgan fingerprint density at radius 3 is 2.36 bits per heavy atom. The summed E-state index contributed by atoms with van der Waals surface area (Å²) in [7, 11) is 0. The molecule has 0 radical (unpaired) electrons. The molecule has 28 heavy (non-hydrogen) atoms. The smallest absolute Gasteiger partial charge is 0.315 e. The van der Waals surface area contributed by atoms with Gasteiger partial charge in [0.15, 0.2) is 11.9 Å².